The lowest BCUT2D eigenvalue weighted by Gasteiger charge is -2.56. The lowest BCUT2D eigenvalue weighted by molar-refractivity contribution is -0.125. The van der Waals surface area contributed by atoms with Crippen LogP contribution < -0.4 is 16.1 Å². The molecule has 1 aromatic heterocycles. The van der Waals surface area contributed by atoms with Crippen molar-refractivity contribution in [3.8, 4) is 0 Å². The summed E-state index contributed by atoms with van der Waals surface area (Å²) in [5.74, 6) is 0.428. The number of amides is 2. The van der Waals surface area contributed by atoms with Crippen LogP contribution in [-0.4, -0.2) is 29.4 Å². The maximum atomic E-state index is 12.5. The van der Waals surface area contributed by atoms with Gasteiger partial charge in [-0.05, 0) is 26.2 Å². The van der Waals surface area contributed by atoms with E-state index in [1.54, 1.807) is 12.4 Å². The number of hydrogen-bond donors (Lipinski definition) is 2. The van der Waals surface area contributed by atoms with E-state index in [1.165, 1.54) is 18.9 Å². The largest absolute Gasteiger partial charge is 0.377 e. The van der Waals surface area contributed by atoms with Crippen molar-refractivity contribution in [1.29, 1.82) is 0 Å². The third-order valence-electron chi connectivity index (χ3n) is 6.16. The van der Waals surface area contributed by atoms with Crippen LogP contribution in [0.2, 0.25) is 0 Å². The second-order valence-corrected chi connectivity index (χ2v) is 7.31. The molecule has 24 heavy (non-hydrogen) atoms. The van der Waals surface area contributed by atoms with E-state index in [0.29, 0.717) is 17.7 Å². The van der Waals surface area contributed by atoms with Gasteiger partial charge in [0.1, 0.15) is 5.69 Å². The molecule has 1 spiro atoms. The number of urea groups is 1. The van der Waals surface area contributed by atoms with Crippen molar-refractivity contribution >= 4 is 11.7 Å². The lowest BCUT2D eigenvalue weighted by Crippen LogP contribution is -2.68. The second kappa shape index (κ2) is 5.92. The van der Waals surface area contributed by atoms with Crippen LogP contribution in [0.4, 0.5) is 10.5 Å². The lowest BCUT2D eigenvalue weighted by atomic mass is 9.54. The van der Waals surface area contributed by atoms with Crippen LogP contribution in [0.1, 0.15) is 39.0 Å². The second-order valence-electron chi connectivity index (χ2n) is 7.31. The molecule has 3 aliphatic rings. The third-order valence-corrected chi connectivity index (χ3v) is 6.16. The summed E-state index contributed by atoms with van der Waals surface area (Å²) in [5, 5.41) is 5.90. The quantitative estimate of drug-likeness (QED) is 0.893. The highest BCUT2D eigenvalue weighted by atomic mass is 16.5. The number of carbonyl (C=O) groups excluding carboxylic acids is 1. The molecular weight excluding hydrogens is 306 g/mol. The minimum Gasteiger partial charge on any atom is -0.377 e. The van der Waals surface area contributed by atoms with Gasteiger partial charge in [-0.3, -0.25) is 4.79 Å². The van der Waals surface area contributed by atoms with Crippen LogP contribution >= 0.6 is 0 Å². The predicted octanol–water partition coefficient (Wildman–Crippen LogP) is 2.34. The number of fused-ring (bicyclic) bond motifs is 2. The number of nitrogens with zero attached hydrogens (tertiary/aromatic N) is 1. The van der Waals surface area contributed by atoms with Gasteiger partial charge >= 0.3 is 6.03 Å². The molecule has 1 saturated heterocycles. The van der Waals surface area contributed by atoms with Gasteiger partial charge in [0.15, 0.2) is 0 Å². The van der Waals surface area contributed by atoms with Gasteiger partial charge in [0.2, 0.25) is 5.43 Å². The summed E-state index contributed by atoms with van der Waals surface area (Å²) in [7, 11) is 0. The van der Waals surface area contributed by atoms with E-state index in [0.717, 1.165) is 32.4 Å². The van der Waals surface area contributed by atoms with E-state index < -0.39 is 0 Å². The number of aryl methyl sites for hydroxylation is 1. The fraction of sp³-hybridized carbons (Fsp3) is 0.667. The van der Waals surface area contributed by atoms with Gasteiger partial charge in [-0.2, -0.15) is 0 Å². The zero-order chi connectivity index (χ0) is 16.7. The van der Waals surface area contributed by atoms with E-state index in [-0.39, 0.29) is 22.9 Å². The Morgan fingerprint density at radius 1 is 1.42 bits per heavy atom. The Bertz CT molecular complexity index is 693. The van der Waals surface area contributed by atoms with Gasteiger partial charge < -0.3 is 19.9 Å². The van der Waals surface area contributed by atoms with Gasteiger partial charge in [0, 0.05) is 49.0 Å². The molecule has 0 aromatic carbocycles. The molecule has 130 valence electrons. The fourth-order valence-electron chi connectivity index (χ4n) is 5.02. The molecule has 6 heteroatoms. The van der Waals surface area contributed by atoms with Crippen LogP contribution in [0.15, 0.2) is 23.3 Å². The van der Waals surface area contributed by atoms with Crippen molar-refractivity contribution in [2.45, 2.75) is 57.7 Å². The molecule has 2 N–H and O–H groups in total. The maximum Gasteiger partial charge on any atom is 0.319 e. The number of anilines is 1. The van der Waals surface area contributed by atoms with Gasteiger partial charge in [-0.1, -0.05) is 12.8 Å². The molecule has 1 aliphatic heterocycles. The summed E-state index contributed by atoms with van der Waals surface area (Å²) in [4.78, 5) is 24.4. The standard InChI is InChI=1S/C18H25N3O3/c1-2-21-9-5-14(22)13(11-21)19-17(23)20-15-12-6-10-24-16(12)18(15)7-3-4-8-18/h5,9,11-12,15-16H,2-4,6-8,10H2,1H3,(H2,19,20,23)/t12-,15-,16+/m1/s1. The molecule has 3 fully saturated rings. The Kier molecular flexibility index (Phi) is 3.87. The SMILES string of the molecule is CCn1ccc(=O)c(NC(=O)N[C@@H]2[C@H]3CCO[C@@H]3C23CCCC3)c1. The summed E-state index contributed by atoms with van der Waals surface area (Å²) < 4.78 is 7.82. The van der Waals surface area contributed by atoms with Crippen LogP contribution in [0.3, 0.4) is 0 Å². The molecule has 0 unspecified atom stereocenters. The molecule has 3 atom stereocenters. The molecule has 4 rings (SSSR count). The Balaban J connectivity index is 1.47. The molecule has 2 heterocycles. The highest BCUT2D eigenvalue weighted by Gasteiger charge is 2.65. The Hall–Kier alpha value is -1.82. The van der Waals surface area contributed by atoms with Gasteiger partial charge in [-0.15, -0.1) is 0 Å². The van der Waals surface area contributed by atoms with Crippen molar-refractivity contribution in [3.63, 3.8) is 0 Å². The monoisotopic (exact) mass is 331 g/mol. The Morgan fingerprint density at radius 2 is 2.21 bits per heavy atom. The average Bonchev–Trinajstić information content (AvgIpc) is 3.23. The molecule has 2 saturated carbocycles. The van der Waals surface area contributed by atoms with E-state index in [9.17, 15) is 9.59 Å². The zero-order valence-electron chi connectivity index (χ0n) is 14.1. The highest BCUT2D eigenvalue weighted by Crippen LogP contribution is 2.60. The van der Waals surface area contributed by atoms with Crippen LogP contribution in [0, 0.1) is 11.3 Å². The number of aromatic nitrogens is 1. The van der Waals surface area contributed by atoms with E-state index in [1.807, 2.05) is 11.5 Å². The number of pyridine rings is 1. The first-order chi connectivity index (χ1) is 11.6. The summed E-state index contributed by atoms with van der Waals surface area (Å²) in [6.45, 7) is 3.55. The van der Waals surface area contributed by atoms with Crippen LogP contribution in [-0.2, 0) is 11.3 Å². The van der Waals surface area contributed by atoms with Gasteiger partial charge in [-0.25, -0.2) is 4.79 Å². The van der Waals surface area contributed by atoms with Crippen molar-refractivity contribution in [2.75, 3.05) is 11.9 Å². The minimum absolute atomic E-state index is 0.124. The average molecular weight is 331 g/mol. The first-order valence-corrected chi connectivity index (χ1v) is 9.03. The Morgan fingerprint density at radius 3 is 2.96 bits per heavy atom. The van der Waals surface area contributed by atoms with Crippen molar-refractivity contribution in [3.05, 3.63) is 28.7 Å². The zero-order valence-corrected chi connectivity index (χ0v) is 14.1. The van der Waals surface area contributed by atoms with E-state index in [2.05, 4.69) is 10.6 Å². The molecule has 2 aliphatic carbocycles. The number of carbonyl (C=O) groups is 1. The molecule has 0 radical (unpaired) electrons. The topological polar surface area (TPSA) is 72.4 Å². The maximum absolute atomic E-state index is 12.5. The predicted molar refractivity (Wildman–Crippen MR) is 91.1 cm³/mol. The fourth-order valence-corrected chi connectivity index (χ4v) is 5.02. The number of rotatable bonds is 3. The molecule has 6 nitrogen and oxygen atoms in total. The highest BCUT2D eigenvalue weighted by molar-refractivity contribution is 5.89. The summed E-state index contributed by atoms with van der Waals surface area (Å²) >= 11 is 0. The van der Waals surface area contributed by atoms with Gasteiger partial charge in [0.05, 0.1) is 6.10 Å². The Labute approximate surface area is 141 Å². The number of nitrogens with one attached hydrogen (secondary N) is 2. The minimum atomic E-state index is -0.275. The molecule has 0 bridgehead atoms. The smallest absolute Gasteiger partial charge is 0.319 e. The van der Waals surface area contributed by atoms with Crippen LogP contribution in [0.5, 0.6) is 0 Å². The third kappa shape index (κ3) is 2.35. The first kappa shape index (κ1) is 15.7. The summed E-state index contributed by atoms with van der Waals surface area (Å²) in [6.07, 6.45) is 9.45. The molecule has 2 amide bonds. The van der Waals surface area contributed by atoms with E-state index >= 15 is 0 Å². The summed E-state index contributed by atoms with van der Waals surface area (Å²) in [5.41, 5.74) is 0.288. The van der Waals surface area contributed by atoms with Crippen molar-refractivity contribution < 1.29 is 9.53 Å². The molecular formula is C18H25N3O3. The summed E-state index contributed by atoms with van der Waals surface area (Å²) in [6, 6.07) is 1.38. The van der Waals surface area contributed by atoms with Crippen molar-refractivity contribution in [2.24, 2.45) is 11.3 Å². The number of hydrogen-bond acceptors (Lipinski definition) is 3. The van der Waals surface area contributed by atoms with E-state index in [4.69, 9.17) is 4.74 Å². The normalized spacial score (nSPS) is 30.0. The number of ether oxygens (including phenoxy) is 1. The van der Waals surface area contributed by atoms with Gasteiger partial charge in [0.25, 0.3) is 0 Å². The van der Waals surface area contributed by atoms with Crippen LogP contribution in [0.25, 0.3) is 0 Å². The molecule has 1 aromatic rings. The van der Waals surface area contributed by atoms with Crippen molar-refractivity contribution in [1.82, 2.24) is 9.88 Å². The first-order valence-electron chi connectivity index (χ1n) is 9.03.